The molecule has 0 atom stereocenters. The van der Waals surface area contributed by atoms with Crippen molar-refractivity contribution in [1.82, 2.24) is 15.6 Å². The van der Waals surface area contributed by atoms with Crippen LogP contribution >= 0.6 is 24.0 Å². The van der Waals surface area contributed by atoms with Crippen LogP contribution in [0.25, 0.3) is 10.9 Å². The first-order valence-corrected chi connectivity index (χ1v) is 10.8. The Balaban J connectivity index is 0.00000363. The smallest absolute Gasteiger partial charge is 0.224 e. The number of carbonyl (C=O) groups is 1. The molecule has 8 heteroatoms. The van der Waals surface area contributed by atoms with E-state index in [2.05, 4.69) is 25.9 Å². The van der Waals surface area contributed by atoms with E-state index in [4.69, 9.17) is 0 Å². The average molecular weight is 551 g/mol. The number of H-pyrrole nitrogens is 1. The van der Waals surface area contributed by atoms with E-state index in [0.29, 0.717) is 19.5 Å². The average Bonchev–Trinajstić information content (AvgIpc) is 3.14. The fraction of sp³-hybridized carbons (Fsp3) is 0.333. The van der Waals surface area contributed by atoms with Gasteiger partial charge in [0.2, 0.25) is 5.91 Å². The lowest BCUT2D eigenvalue weighted by atomic mass is 10.1. The minimum Gasteiger partial charge on any atom is -0.361 e. The minimum absolute atomic E-state index is 0. The number of nitrogens with zero attached hydrogens (tertiary/aromatic N) is 1. The molecule has 1 aromatic heterocycles. The van der Waals surface area contributed by atoms with Crippen molar-refractivity contribution in [2.45, 2.75) is 39.7 Å². The summed E-state index contributed by atoms with van der Waals surface area (Å²) in [5.74, 6) is 0.515. The Bertz CT molecular complexity index is 1050. The number of hydrogen-bond acceptors (Lipinski definition) is 2. The number of aromatic amines is 1. The van der Waals surface area contributed by atoms with Gasteiger partial charge in [-0.25, -0.2) is 9.38 Å². The Morgan fingerprint density at radius 2 is 1.97 bits per heavy atom. The fourth-order valence-corrected chi connectivity index (χ4v) is 3.39. The van der Waals surface area contributed by atoms with Crippen molar-refractivity contribution < 1.29 is 9.18 Å². The number of aliphatic imine (C=N–C) groups is 1. The van der Waals surface area contributed by atoms with Gasteiger partial charge in [-0.3, -0.25) is 4.79 Å². The molecule has 0 fully saturated rings. The Hall–Kier alpha value is -2.62. The second-order valence-electron chi connectivity index (χ2n) is 7.37. The van der Waals surface area contributed by atoms with Crippen molar-refractivity contribution in [2.24, 2.45) is 4.99 Å². The van der Waals surface area contributed by atoms with Crippen LogP contribution in [-0.2, 0) is 17.8 Å². The van der Waals surface area contributed by atoms with Crippen LogP contribution < -0.4 is 16.0 Å². The summed E-state index contributed by atoms with van der Waals surface area (Å²) in [6, 6.07) is 12.6. The number of guanidine groups is 1. The third kappa shape index (κ3) is 7.51. The van der Waals surface area contributed by atoms with E-state index in [1.807, 2.05) is 50.4 Å². The van der Waals surface area contributed by atoms with Crippen molar-refractivity contribution in [3.8, 4) is 0 Å². The van der Waals surface area contributed by atoms with Gasteiger partial charge in [0.05, 0.1) is 6.54 Å². The molecule has 2 aromatic carbocycles. The van der Waals surface area contributed by atoms with E-state index in [-0.39, 0.29) is 35.7 Å². The first kappa shape index (κ1) is 25.6. The van der Waals surface area contributed by atoms with Crippen LogP contribution in [0.15, 0.2) is 53.7 Å². The molecule has 32 heavy (non-hydrogen) atoms. The fourth-order valence-electron chi connectivity index (χ4n) is 3.39. The van der Waals surface area contributed by atoms with Crippen LogP contribution in [0.4, 0.5) is 10.1 Å². The molecular formula is C24H31FIN5O. The number of rotatable bonds is 9. The molecule has 1 heterocycles. The highest BCUT2D eigenvalue weighted by atomic mass is 127. The van der Waals surface area contributed by atoms with E-state index in [9.17, 15) is 9.18 Å². The molecule has 0 saturated carbocycles. The lowest BCUT2D eigenvalue weighted by Gasteiger charge is -2.11. The van der Waals surface area contributed by atoms with Crippen LogP contribution in [-0.4, -0.2) is 29.9 Å². The van der Waals surface area contributed by atoms with E-state index in [1.54, 1.807) is 0 Å². The first-order valence-electron chi connectivity index (χ1n) is 10.8. The Kier molecular flexibility index (Phi) is 10.5. The van der Waals surface area contributed by atoms with Crippen LogP contribution in [0.2, 0.25) is 0 Å². The standard InChI is InChI=1S/C24H30FN5O.HI/c1-3-6-23(31)30-20-8-5-7-17(13-20)15-29-24(26-4-2)27-12-11-18-16-28-22-14-19(25)9-10-21(18)22;/h5,7-10,13-14,16,28H,3-4,6,11-12,15H2,1-2H3,(H,30,31)(H2,26,27,29);1H. The van der Waals surface area contributed by atoms with Crippen LogP contribution in [0.3, 0.4) is 0 Å². The SMILES string of the molecule is CCCC(=O)Nc1cccc(CN=C(NCC)NCCc2c[nH]c3cc(F)ccc23)c1.I. The van der Waals surface area contributed by atoms with Crippen molar-refractivity contribution in [1.29, 1.82) is 0 Å². The van der Waals surface area contributed by atoms with E-state index >= 15 is 0 Å². The topological polar surface area (TPSA) is 81.3 Å². The largest absolute Gasteiger partial charge is 0.361 e. The van der Waals surface area contributed by atoms with Crippen LogP contribution in [0.1, 0.15) is 37.8 Å². The highest BCUT2D eigenvalue weighted by Crippen LogP contribution is 2.19. The highest BCUT2D eigenvalue weighted by molar-refractivity contribution is 14.0. The van der Waals surface area contributed by atoms with Gasteiger partial charge in [0, 0.05) is 42.3 Å². The number of nitrogens with one attached hydrogen (secondary N) is 4. The van der Waals surface area contributed by atoms with Gasteiger partial charge in [-0.15, -0.1) is 24.0 Å². The van der Waals surface area contributed by atoms with Gasteiger partial charge >= 0.3 is 0 Å². The highest BCUT2D eigenvalue weighted by Gasteiger charge is 2.06. The summed E-state index contributed by atoms with van der Waals surface area (Å²) in [7, 11) is 0. The number of hydrogen-bond donors (Lipinski definition) is 4. The zero-order valence-corrected chi connectivity index (χ0v) is 20.8. The minimum atomic E-state index is -0.241. The van der Waals surface area contributed by atoms with Crippen LogP contribution in [0.5, 0.6) is 0 Å². The second-order valence-corrected chi connectivity index (χ2v) is 7.37. The van der Waals surface area contributed by atoms with Crippen LogP contribution in [0, 0.1) is 5.82 Å². The molecule has 0 saturated heterocycles. The third-order valence-corrected chi connectivity index (χ3v) is 4.87. The molecule has 172 valence electrons. The van der Waals surface area contributed by atoms with Gasteiger partial charge in [-0.05, 0) is 61.2 Å². The summed E-state index contributed by atoms with van der Waals surface area (Å²) in [5, 5.41) is 10.6. The predicted molar refractivity (Wildman–Crippen MR) is 140 cm³/mol. The summed E-state index contributed by atoms with van der Waals surface area (Å²) in [5.41, 5.74) is 3.75. The lowest BCUT2D eigenvalue weighted by molar-refractivity contribution is -0.116. The number of fused-ring (bicyclic) bond motifs is 1. The van der Waals surface area contributed by atoms with Gasteiger partial charge in [-0.1, -0.05) is 19.1 Å². The monoisotopic (exact) mass is 551 g/mol. The molecule has 4 N–H and O–H groups in total. The molecule has 0 aliphatic heterocycles. The summed E-state index contributed by atoms with van der Waals surface area (Å²) in [6.07, 6.45) is 4.05. The zero-order chi connectivity index (χ0) is 22.1. The van der Waals surface area contributed by atoms with Gasteiger partial charge in [-0.2, -0.15) is 0 Å². The van der Waals surface area contributed by atoms with Gasteiger partial charge in [0.25, 0.3) is 0 Å². The molecule has 1 amide bonds. The molecule has 3 rings (SSSR count). The van der Waals surface area contributed by atoms with Gasteiger partial charge in [0.1, 0.15) is 5.82 Å². The van der Waals surface area contributed by atoms with E-state index < -0.39 is 0 Å². The lowest BCUT2D eigenvalue weighted by Crippen LogP contribution is -2.38. The quantitative estimate of drug-likeness (QED) is 0.173. The van der Waals surface area contributed by atoms with Crippen molar-refractivity contribution >= 4 is 52.4 Å². The molecule has 6 nitrogen and oxygen atoms in total. The maximum atomic E-state index is 13.4. The Morgan fingerprint density at radius 3 is 2.75 bits per heavy atom. The van der Waals surface area contributed by atoms with E-state index in [1.165, 1.54) is 12.1 Å². The van der Waals surface area contributed by atoms with Gasteiger partial charge < -0.3 is 20.9 Å². The van der Waals surface area contributed by atoms with Crippen molar-refractivity contribution in [3.63, 3.8) is 0 Å². The number of aromatic nitrogens is 1. The maximum absolute atomic E-state index is 13.4. The molecule has 0 radical (unpaired) electrons. The maximum Gasteiger partial charge on any atom is 0.224 e. The number of carbonyl (C=O) groups excluding carboxylic acids is 1. The molecule has 3 aromatic rings. The second kappa shape index (κ2) is 13.0. The third-order valence-electron chi connectivity index (χ3n) is 4.87. The van der Waals surface area contributed by atoms with Crippen molar-refractivity contribution in [3.05, 3.63) is 65.6 Å². The summed E-state index contributed by atoms with van der Waals surface area (Å²) in [4.78, 5) is 19.6. The molecule has 0 aliphatic carbocycles. The summed E-state index contributed by atoms with van der Waals surface area (Å²) < 4.78 is 13.4. The summed E-state index contributed by atoms with van der Waals surface area (Å²) in [6.45, 7) is 5.96. The summed E-state index contributed by atoms with van der Waals surface area (Å²) >= 11 is 0. The number of halogens is 2. The molecule has 0 unspecified atom stereocenters. The normalized spacial score (nSPS) is 11.2. The molecule has 0 aliphatic rings. The Morgan fingerprint density at radius 1 is 1.12 bits per heavy atom. The molecular weight excluding hydrogens is 520 g/mol. The molecule has 0 spiro atoms. The number of anilines is 1. The number of amides is 1. The van der Waals surface area contributed by atoms with E-state index in [0.717, 1.165) is 53.1 Å². The first-order chi connectivity index (χ1) is 15.1. The molecule has 0 bridgehead atoms. The number of benzene rings is 2. The zero-order valence-electron chi connectivity index (χ0n) is 18.5. The predicted octanol–water partition coefficient (Wildman–Crippen LogP) is 4.96. The van der Waals surface area contributed by atoms with Gasteiger partial charge in [0.15, 0.2) is 5.96 Å². The van der Waals surface area contributed by atoms with Crippen molar-refractivity contribution in [2.75, 3.05) is 18.4 Å². The Labute approximate surface area is 205 Å².